The van der Waals surface area contributed by atoms with Gasteiger partial charge >= 0.3 is 0 Å². The normalized spacial score (nSPS) is 10.6. The minimum atomic E-state index is -0.528. The Morgan fingerprint density at radius 2 is 2.36 bits per heavy atom. The van der Waals surface area contributed by atoms with Crippen LogP contribution >= 0.6 is 0 Å². The lowest BCUT2D eigenvalue weighted by Gasteiger charge is -1.93. The van der Waals surface area contributed by atoms with E-state index in [1.807, 2.05) is 18.2 Å². The second kappa shape index (κ2) is 3.14. The molecule has 14 heavy (non-hydrogen) atoms. The molecule has 0 aliphatic carbocycles. The molecule has 1 aromatic heterocycles. The number of aryl methyl sites for hydroxylation is 1. The van der Waals surface area contributed by atoms with E-state index in [0.29, 0.717) is 0 Å². The Balaban J connectivity index is 2.60. The molecule has 0 saturated heterocycles. The summed E-state index contributed by atoms with van der Waals surface area (Å²) in [6.07, 6.45) is 0.959. The molecular formula is C10H11N3O. The third kappa shape index (κ3) is 1.35. The number of carbonyl (C=O) groups excluding carboxylic acids is 1. The van der Waals surface area contributed by atoms with Crippen LogP contribution < -0.4 is 5.73 Å². The van der Waals surface area contributed by atoms with E-state index in [4.69, 9.17) is 5.73 Å². The van der Waals surface area contributed by atoms with Gasteiger partial charge in [-0.2, -0.15) is 0 Å². The zero-order valence-corrected chi connectivity index (χ0v) is 7.87. The van der Waals surface area contributed by atoms with Crippen LogP contribution in [0.2, 0.25) is 0 Å². The molecule has 1 aromatic carbocycles. The first-order chi connectivity index (χ1) is 6.70. The average molecular weight is 189 g/mol. The number of nitrogens with one attached hydrogen (secondary N) is 1. The topological polar surface area (TPSA) is 71.8 Å². The summed E-state index contributed by atoms with van der Waals surface area (Å²) in [5, 5.41) is 0. The molecule has 0 spiro atoms. The van der Waals surface area contributed by atoms with Gasteiger partial charge in [0, 0.05) is 0 Å². The van der Waals surface area contributed by atoms with Crippen LogP contribution in [-0.2, 0) is 6.42 Å². The molecule has 0 atom stereocenters. The first-order valence-electron chi connectivity index (χ1n) is 4.49. The lowest BCUT2D eigenvalue weighted by Crippen LogP contribution is -2.12. The summed E-state index contributed by atoms with van der Waals surface area (Å²) in [7, 11) is 0. The van der Waals surface area contributed by atoms with Crippen molar-refractivity contribution in [2.45, 2.75) is 13.3 Å². The van der Waals surface area contributed by atoms with Gasteiger partial charge in [-0.15, -0.1) is 0 Å². The summed E-state index contributed by atoms with van der Waals surface area (Å²) in [5.41, 5.74) is 7.95. The Morgan fingerprint density at radius 3 is 3.00 bits per heavy atom. The van der Waals surface area contributed by atoms with Crippen LogP contribution in [0.4, 0.5) is 0 Å². The molecule has 0 radical (unpaired) electrons. The van der Waals surface area contributed by atoms with Gasteiger partial charge in [0.25, 0.3) is 5.91 Å². The Labute approximate surface area is 81.1 Å². The summed E-state index contributed by atoms with van der Waals surface area (Å²) in [4.78, 5) is 17.8. The van der Waals surface area contributed by atoms with Crippen LogP contribution in [0.3, 0.4) is 0 Å². The number of nitrogens with two attached hydrogens (primary N) is 1. The highest BCUT2D eigenvalue weighted by molar-refractivity contribution is 5.92. The Hall–Kier alpha value is -1.84. The van der Waals surface area contributed by atoms with Crippen molar-refractivity contribution in [3.8, 4) is 0 Å². The van der Waals surface area contributed by atoms with Gasteiger partial charge in [-0.05, 0) is 24.1 Å². The van der Waals surface area contributed by atoms with E-state index >= 15 is 0 Å². The smallest absolute Gasteiger partial charge is 0.284 e. The highest BCUT2D eigenvalue weighted by atomic mass is 16.1. The van der Waals surface area contributed by atoms with Crippen LogP contribution in [0.25, 0.3) is 11.0 Å². The fourth-order valence-electron chi connectivity index (χ4n) is 1.39. The van der Waals surface area contributed by atoms with Crippen molar-refractivity contribution in [1.82, 2.24) is 9.97 Å². The first-order valence-corrected chi connectivity index (χ1v) is 4.49. The van der Waals surface area contributed by atoms with Crippen LogP contribution in [0.15, 0.2) is 18.2 Å². The predicted molar refractivity (Wildman–Crippen MR) is 54.0 cm³/mol. The molecule has 0 saturated carbocycles. The van der Waals surface area contributed by atoms with E-state index in [-0.39, 0.29) is 5.82 Å². The molecule has 1 amide bonds. The summed E-state index contributed by atoms with van der Waals surface area (Å²) in [6, 6.07) is 5.86. The molecule has 3 N–H and O–H groups in total. The van der Waals surface area contributed by atoms with Crippen LogP contribution in [0, 0.1) is 0 Å². The zero-order chi connectivity index (χ0) is 10.1. The number of carbonyl (C=O) groups is 1. The third-order valence-electron chi connectivity index (χ3n) is 2.19. The van der Waals surface area contributed by atoms with Crippen LogP contribution in [0.5, 0.6) is 0 Å². The molecule has 2 rings (SSSR count). The van der Waals surface area contributed by atoms with Gasteiger partial charge in [-0.25, -0.2) is 4.98 Å². The lowest BCUT2D eigenvalue weighted by atomic mass is 10.1. The zero-order valence-electron chi connectivity index (χ0n) is 7.87. The van der Waals surface area contributed by atoms with Gasteiger partial charge in [0.2, 0.25) is 0 Å². The van der Waals surface area contributed by atoms with Gasteiger partial charge in [0.1, 0.15) is 0 Å². The number of nitrogens with zero attached hydrogens (tertiary/aromatic N) is 1. The summed E-state index contributed by atoms with van der Waals surface area (Å²) in [5.74, 6) is -0.312. The predicted octanol–water partition coefficient (Wildman–Crippen LogP) is 1.22. The standard InChI is InChI=1S/C10H11N3O/c1-2-6-3-4-7-8(5-6)13-10(12-7)9(11)14/h3-5H,2H2,1H3,(H2,11,14)(H,12,13). The Bertz CT molecular complexity index is 487. The van der Waals surface area contributed by atoms with Gasteiger partial charge in [0.05, 0.1) is 11.0 Å². The van der Waals surface area contributed by atoms with Crippen LogP contribution in [0.1, 0.15) is 23.1 Å². The van der Waals surface area contributed by atoms with Crippen LogP contribution in [-0.4, -0.2) is 15.9 Å². The van der Waals surface area contributed by atoms with Crippen molar-refractivity contribution in [2.24, 2.45) is 5.73 Å². The maximum Gasteiger partial charge on any atom is 0.284 e. The quantitative estimate of drug-likeness (QED) is 0.745. The maximum atomic E-state index is 10.9. The highest BCUT2D eigenvalue weighted by Crippen LogP contribution is 2.13. The molecule has 4 nitrogen and oxygen atoms in total. The number of aromatic amines is 1. The fourth-order valence-corrected chi connectivity index (χ4v) is 1.39. The molecule has 1 heterocycles. The molecule has 0 fully saturated rings. The van der Waals surface area contributed by atoms with Crippen molar-refractivity contribution >= 4 is 16.9 Å². The number of benzene rings is 1. The number of aromatic nitrogens is 2. The summed E-state index contributed by atoms with van der Waals surface area (Å²) < 4.78 is 0. The molecule has 2 aromatic rings. The number of hydrogen-bond donors (Lipinski definition) is 2. The lowest BCUT2D eigenvalue weighted by molar-refractivity contribution is 0.0991. The van der Waals surface area contributed by atoms with Gasteiger partial charge in [-0.3, -0.25) is 4.79 Å². The minimum Gasteiger partial charge on any atom is -0.363 e. The number of fused-ring (bicyclic) bond motifs is 1. The van der Waals surface area contributed by atoms with Crippen molar-refractivity contribution in [3.63, 3.8) is 0 Å². The first kappa shape index (κ1) is 8.74. The SMILES string of the molecule is CCc1ccc2nc(C(N)=O)[nH]c2c1. The molecule has 0 aliphatic rings. The molecule has 72 valence electrons. The van der Waals surface area contributed by atoms with E-state index in [2.05, 4.69) is 16.9 Å². The summed E-state index contributed by atoms with van der Waals surface area (Å²) >= 11 is 0. The number of hydrogen-bond acceptors (Lipinski definition) is 2. The van der Waals surface area contributed by atoms with Gasteiger partial charge < -0.3 is 10.7 Å². The average Bonchev–Trinajstić information content (AvgIpc) is 2.59. The molecule has 0 aliphatic heterocycles. The van der Waals surface area contributed by atoms with E-state index in [1.165, 1.54) is 5.56 Å². The minimum absolute atomic E-state index is 0.216. The second-order valence-corrected chi connectivity index (χ2v) is 3.15. The van der Waals surface area contributed by atoms with E-state index in [1.54, 1.807) is 0 Å². The van der Waals surface area contributed by atoms with Gasteiger partial charge in [-0.1, -0.05) is 13.0 Å². The summed E-state index contributed by atoms with van der Waals surface area (Å²) in [6.45, 7) is 2.08. The highest BCUT2D eigenvalue weighted by Gasteiger charge is 2.06. The van der Waals surface area contributed by atoms with Crippen molar-refractivity contribution in [3.05, 3.63) is 29.6 Å². The number of amides is 1. The molecule has 0 bridgehead atoms. The second-order valence-electron chi connectivity index (χ2n) is 3.15. The molecule has 4 heteroatoms. The van der Waals surface area contributed by atoms with Crippen molar-refractivity contribution in [1.29, 1.82) is 0 Å². The number of rotatable bonds is 2. The largest absolute Gasteiger partial charge is 0.363 e. The number of primary amides is 1. The van der Waals surface area contributed by atoms with E-state index in [9.17, 15) is 4.79 Å². The van der Waals surface area contributed by atoms with Gasteiger partial charge in [0.15, 0.2) is 5.82 Å². The van der Waals surface area contributed by atoms with Crippen molar-refractivity contribution in [2.75, 3.05) is 0 Å². The Kier molecular flexibility index (Phi) is 1.96. The van der Waals surface area contributed by atoms with E-state index in [0.717, 1.165) is 17.5 Å². The number of imidazole rings is 1. The van der Waals surface area contributed by atoms with Crippen molar-refractivity contribution < 1.29 is 4.79 Å². The maximum absolute atomic E-state index is 10.9. The molecular weight excluding hydrogens is 178 g/mol. The van der Waals surface area contributed by atoms with E-state index < -0.39 is 5.91 Å². The molecule has 0 unspecified atom stereocenters. The fraction of sp³-hybridized carbons (Fsp3) is 0.200. The third-order valence-corrected chi connectivity index (χ3v) is 2.19. The Morgan fingerprint density at radius 1 is 1.57 bits per heavy atom. The number of H-pyrrole nitrogens is 1. The monoisotopic (exact) mass is 189 g/mol.